The average Bonchev–Trinajstić information content (AvgIpc) is 2.97. The van der Waals surface area contributed by atoms with Gasteiger partial charge in [-0.05, 0) is 12.8 Å². The first kappa shape index (κ1) is 9.31. The van der Waals surface area contributed by atoms with Crippen molar-refractivity contribution in [2.24, 2.45) is 11.1 Å². The van der Waals surface area contributed by atoms with E-state index in [9.17, 15) is 0 Å². The van der Waals surface area contributed by atoms with Crippen LogP contribution in [0, 0.1) is 5.92 Å². The Hall–Kier alpha value is -1.25. The lowest BCUT2D eigenvalue weighted by Gasteiger charge is -2.18. The van der Waals surface area contributed by atoms with Gasteiger partial charge in [0.2, 0.25) is 0 Å². The summed E-state index contributed by atoms with van der Waals surface area (Å²) < 4.78 is 0. The Morgan fingerprint density at radius 2 is 2.36 bits per heavy atom. The van der Waals surface area contributed by atoms with Crippen LogP contribution in [-0.4, -0.2) is 31.3 Å². The summed E-state index contributed by atoms with van der Waals surface area (Å²) in [5.41, 5.74) is 2.30. The van der Waals surface area contributed by atoms with Crippen molar-refractivity contribution < 1.29 is 4.84 Å². The lowest BCUT2D eigenvalue weighted by Crippen LogP contribution is -2.18. The molecule has 1 aliphatic carbocycles. The molecule has 0 unspecified atom stereocenters. The molecule has 3 nitrogen and oxygen atoms in total. The summed E-state index contributed by atoms with van der Waals surface area (Å²) in [6, 6.07) is 0. The van der Waals surface area contributed by atoms with Gasteiger partial charge in [-0.3, -0.25) is 0 Å². The lowest BCUT2D eigenvalue weighted by molar-refractivity contribution is 0.212. The van der Waals surface area contributed by atoms with E-state index in [1.807, 2.05) is 0 Å². The standard InChI is InChI=1S/C11H16N2O/c1-13-7-3-4-10(8-13)11(12-14-2)9-5-6-9/h3-4,8-9H,5-7H2,1-2H3. The van der Waals surface area contributed by atoms with Crippen molar-refractivity contribution in [2.75, 3.05) is 20.7 Å². The first-order valence-corrected chi connectivity index (χ1v) is 5.01. The molecule has 0 N–H and O–H groups in total. The minimum atomic E-state index is 0.623. The van der Waals surface area contributed by atoms with Gasteiger partial charge in [-0.1, -0.05) is 17.3 Å². The van der Waals surface area contributed by atoms with Crippen LogP contribution >= 0.6 is 0 Å². The van der Waals surface area contributed by atoms with Crippen LogP contribution in [0.4, 0.5) is 0 Å². The number of hydrogen-bond acceptors (Lipinski definition) is 3. The molecule has 0 spiro atoms. The van der Waals surface area contributed by atoms with Crippen LogP contribution < -0.4 is 0 Å². The van der Waals surface area contributed by atoms with E-state index in [0.717, 1.165) is 12.3 Å². The van der Waals surface area contributed by atoms with E-state index in [1.54, 1.807) is 7.11 Å². The predicted octanol–water partition coefficient (Wildman–Crippen LogP) is 1.78. The molecule has 76 valence electrons. The maximum absolute atomic E-state index is 4.89. The maximum atomic E-state index is 4.89. The average molecular weight is 192 g/mol. The Bertz CT molecular complexity index is 300. The molecule has 3 heteroatoms. The van der Waals surface area contributed by atoms with Crippen LogP contribution in [0.25, 0.3) is 0 Å². The fraction of sp³-hybridized carbons (Fsp3) is 0.545. The number of hydrogen-bond donors (Lipinski definition) is 0. The van der Waals surface area contributed by atoms with Crippen molar-refractivity contribution in [2.45, 2.75) is 12.8 Å². The highest BCUT2D eigenvalue weighted by Gasteiger charge is 2.30. The molecule has 0 atom stereocenters. The molecule has 1 aliphatic heterocycles. The van der Waals surface area contributed by atoms with E-state index >= 15 is 0 Å². The van der Waals surface area contributed by atoms with Gasteiger partial charge in [0.25, 0.3) is 0 Å². The van der Waals surface area contributed by atoms with Gasteiger partial charge in [0.05, 0.1) is 5.71 Å². The topological polar surface area (TPSA) is 24.8 Å². The summed E-state index contributed by atoms with van der Waals surface area (Å²) in [4.78, 5) is 7.04. The smallest absolute Gasteiger partial charge is 0.106 e. The van der Waals surface area contributed by atoms with E-state index in [2.05, 4.69) is 35.5 Å². The second-order valence-corrected chi connectivity index (χ2v) is 3.86. The molecular formula is C11H16N2O. The molecule has 1 fully saturated rings. The highest BCUT2D eigenvalue weighted by molar-refractivity contribution is 6.05. The van der Waals surface area contributed by atoms with Crippen molar-refractivity contribution in [3.8, 4) is 0 Å². The van der Waals surface area contributed by atoms with Gasteiger partial charge in [0, 0.05) is 31.3 Å². The molecule has 1 saturated carbocycles. The minimum Gasteiger partial charge on any atom is -0.399 e. The minimum absolute atomic E-state index is 0.623. The Balaban J connectivity index is 2.18. The summed E-state index contributed by atoms with van der Waals surface area (Å²) in [6.07, 6.45) is 8.92. The Kier molecular flexibility index (Phi) is 2.57. The van der Waals surface area contributed by atoms with Gasteiger partial charge in [0.15, 0.2) is 0 Å². The Morgan fingerprint density at radius 3 is 2.93 bits per heavy atom. The zero-order chi connectivity index (χ0) is 9.97. The summed E-state index contributed by atoms with van der Waals surface area (Å²) >= 11 is 0. The molecule has 14 heavy (non-hydrogen) atoms. The molecule has 0 bridgehead atoms. The van der Waals surface area contributed by atoms with Gasteiger partial charge in [0.1, 0.15) is 7.11 Å². The first-order valence-electron chi connectivity index (χ1n) is 5.01. The van der Waals surface area contributed by atoms with Crippen LogP contribution in [0.2, 0.25) is 0 Å². The van der Waals surface area contributed by atoms with Gasteiger partial charge < -0.3 is 9.74 Å². The van der Waals surface area contributed by atoms with Crippen LogP contribution in [0.3, 0.4) is 0 Å². The monoisotopic (exact) mass is 192 g/mol. The summed E-state index contributed by atoms with van der Waals surface area (Å²) in [5.74, 6) is 0.623. The van der Waals surface area contributed by atoms with Crippen LogP contribution in [-0.2, 0) is 4.84 Å². The molecule has 2 aliphatic rings. The number of rotatable bonds is 3. The van der Waals surface area contributed by atoms with Crippen molar-refractivity contribution in [1.82, 2.24) is 4.90 Å². The fourth-order valence-corrected chi connectivity index (χ4v) is 1.65. The number of likely N-dealkylation sites (N-methyl/N-ethyl adjacent to an activating group) is 1. The van der Waals surface area contributed by atoms with Crippen molar-refractivity contribution in [3.05, 3.63) is 23.9 Å². The van der Waals surface area contributed by atoms with Crippen LogP contribution in [0.15, 0.2) is 29.1 Å². The summed E-state index contributed by atoms with van der Waals surface area (Å²) in [5, 5.41) is 4.11. The molecule has 0 amide bonds. The molecule has 0 aromatic heterocycles. The van der Waals surface area contributed by atoms with E-state index in [4.69, 9.17) is 4.84 Å². The van der Waals surface area contributed by atoms with E-state index < -0.39 is 0 Å². The predicted molar refractivity (Wildman–Crippen MR) is 57.0 cm³/mol. The molecule has 2 rings (SSSR count). The van der Waals surface area contributed by atoms with Gasteiger partial charge in [-0.25, -0.2) is 0 Å². The number of allylic oxidation sites excluding steroid dienone is 2. The highest BCUT2D eigenvalue weighted by Crippen LogP contribution is 2.34. The van der Waals surface area contributed by atoms with Crippen LogP contribution in [0.5, 0.6) is 0 Å². The maximum Gasteiger partial charge on any atom is 0.106 e. The zero-order valence-corrected chi connectivity index (χ0v) is 8.73. The zero-order valence-electron chi connectivity index (χ0n) is 8.73. The fourth-order valence-electron chi connectivity index (χ4n) is 1.65. The van der Waals surface area contributed by atoms with E-state index in [1.165, 1.54) is 18.4 Å². The van der Waals surface area contributed by atoms with E-state index in [-0.39, 0.29) is 0 Å². The molecule has 0 saturated heterocycles. The van der Waals surface area contributed by atoms with Gasteiger partial charge in [-0.15, -0.1) is 0 Å². The Labute approximate surface area is 84.7 Å². The molecular weight excluding hydrogens is 176 g/mol. The lowest BCUT2D eigenvalue weighted by atomic mass is 10.1. The normalized spacial score (nSPS) is 22.3. The molecule has 0 radical (unpaired) electrons. The van der Waals surface area contributed by atoms with Gasteiger partial charge in [-0.2, -0.15) is 0 Å². The summed E-state index contributed by atoms with van der Waals surface area (Å²) in [7, 11) is 3.68. The van der Waals surface area contributed by atoms with Crippen molar-refractivity contribution >= 4 is 5.71 Å². The van der Waals surface area contributed by atoms with Crippen LogP contribution in [0.1, 0.15) is 12.8 Å². The molecule has 0 aromatic carbocycles. The largest absolute Gasteiger partial charge is 0.399 e. The van der Waals surface area contributed by atoms with Crippen molar-refractivity contribution in [3.63, 3.8) is 0 Å². The second-order valence-electron chi connectivity index (χ2n) is 3.86. The highest BCUT2D eigenvalue weighted by atomic mass is 16.6. The molecule has 0 aromatic rings. The molecule has 1 heterocycles. The third kappa shape index (κ3) is 1.97. The third-order valence-corrected chi connectivity index (χ3v) is 2.50. The SMILES string of the molecule is CON=C(C1=CN(C)CC=C1)C1CC1. The Morgan fingerprint density at radius 1 is 1.57 bits per heavy atom. The number of oxime groups is 1. The number of nitrogens with zero attached hydrogens (tertiary/aromatic N) is 2. The quantitative estimate of drug-likeness (QED) is 0.503. The van der Waals surface area contributed by atoms with E-state index in [0.29, 0.717) is 5.92 Å². The summed E-state index contributed by atoms with van der Waals surface area (Å²) in [6.45, 7) is 0.981. The second kappa shape index (κ2) is 3.86. The third-order valence-electron chi connectivity index (χ3n) is 2.50. The first-order chi connectivity index (χ1) is 6.81. The van der Waals surface area contributed by atoms with Crippen molar-refractivity contribution in [1.29, 1.82) is 0 Å². The van der Waals surface area contributed by atoms with Gasteiger partial charge >= 0.3 is 0 Å².